The predicted molar refractivity (Wildman–Crippen MR) is 82.7 cm³/mol. The number of carbonyl (C=O) groups excluding carboxylic acids is 1. The summed E-state index contributed by atoms with van der Waals surface area (Å²) in [6.45, 7) is 7.93. The van der Waals surface area contributed by atoms with Crippen molar-refractivity contribution >= 4 is 11.7 Å². The van der Waals surface area contributed by atoms with Crippen LogP contribution in [0.2, 0.25) is 0 Å². The maximum Gasteiger partial charge on any atom is 0.263 e. The molecule has 1 aromatic carbocycles. The van der Waals surface area contributed by atoms with Crippen molar-refractivity contribution in [2.24, 2.45) is 0 Å². The van der Waals surface area contributed by atoms with Crippen LogP contribution in [0.5, 0.6) is 5.75 Å². The molecule has 0 saturated carbocycles. The van der Waals surface area contributed by atoms with Gasteiger partial charge in [-0.15, -0.1) is 0 Å². The van der Waals surface area contributed by atoms with E-state index >= 15 is 0 Å². The standard InChI is InChI=1S/C16H21N3O2/c1-11(2)19-14(8-9-17-19)18-15(20)10-21-16-12(3)6-5-7-13(16)4/h5-9,11H,10H2,1-4H3,(H,18,20). The van der Waals surface area contributed by atoms with Gasteiger partial charge in [-0.2, -0.15) is 5.10 Å². The molecular formula is C16H21N3O2. The summed E-state index contributed by atoms with van der Waals surface area (Å²) in [4.78, 5) is 12.0. The van der Waals surface area contributed by atoms with Crippen LogP contribution in [0.25, 0.3) is 0 Å². The van der Waals surface area contributed by atoms with Crippen molar-refractivity contribution in [1.82, 2.24) is 9.78 Å². The van der Waals surface area contributed by atoms with Crippen molar-refractivity contribution in [3.63, 3.8) is 0 Å². The zero-order chi connectivity index (χ0) is 15.4. The Bertz CT molecular complexity index is 612. The van der Waals surface area contributed by atoms with E-state index in [9.17, 15) is 4.79 Å². The second-order valence-corrected chi connectivity index (χ2v) is 5.31. The molecule has 0 aliphatic heterocycles. The highest BCUT2D eigenvalue weighted by molar-refractivity contribution is 5.91. The van der Waals surface area contributed by atoms with Crippen LogP contribution in [0.4, 0.5) is 5.82 Å². The van der Waals surface area contributed by atoms with Gasteiger partial charge in [-0.25, -0.2) is 4.68 Å². The summed E-state index contributed by atoms with van der Waals surface area (Å²) in [6, 6.07) is 7.87. The summed E-state index contributed by atoms with van der Waals surface area (Å²) in [5, 5.41) is 6.99. The van der Waals surface area contributed by atoms with E-state index in [2.05, 4.69) is 10.4 Å². The summed E-state index contributed by atoms with van der Waals surface area (Å²) in [5.41, 5.74) is 2.05. The van der Waals surface area contributed by atoms with Crippen LogP contribution in [0.15, 0.2) is 30.5 Å². The number of hydrogen-bond donors (Lipinski definition) is 1. The largest absolute Gasteiger partial charge is 0.483 e. The van der Waals surface area contributed by atoms with Crippen LogP contribution < -0.4 is 10.1 Å². The normalized spacial score (nSPS) is 10.7. The Morgan fingerprint density at radius 3 is 2.57 bits per heavy atom. The smallest absolute Gasteiger partial charge is 0.263 e. The van der Waals surface area contributed by atoms with Crippen LogP contribution in [-0.2, 0) is 4.79 Å². The fourth-order valence-corrected chi connectivity index (χ4v) is 2.17. The molecule has 0 spiro atoms. The molecule has 0 aliphatic carbocycles. The molecule has 2 aromatic rings. The number of aryl methyl sites for hydroxylation is 2. The summed E-state index contributed by atoms with van der Waals surface area (Å²) in [5.74, 6) is 1.25. The first-order valence-corrected chi connectivity index (χ1v) is 7.01. The fraction of sp³-hybridized carbons (Fsp3) is 0.375. The van der Waals surface area contributed by atoms with Crippen LogP contribution in [0.1, 0.15) is 31.0 Å². The predicted octanol–water partition coefficient (Wildman–Crippen LogP) is 3.10. The molecule has 1 heterocycles. The molecule has 0 fully saturated rings. The number of carbonyl (C=O) groups is 1. The number of benzene rings is 1. The Morgan fingerprint density at radius 1 is 1.29 bits per heavy atom. The SMILES string of the molecule is Cc1cccc(C)c1OCC(=O)Nc1ccnn1C(C)C. The Labute approximate surface area is 124 Å². The lowest BCUT2D eigenvalue weighted by Gasteiger charge is -2.14. The van der Waals surface area contributed by atoms with E-state index in [4.69, 9.17) is 4.74 Å². The van der Waals surface area contributed by atoms with Crippen molar-refractivity contribution < 1.29 is 9.53 Å². The number of rotatable bonds is 5. The number of ether oxygens (including phenoxy) is 1. The molecule has 0 unspecified atom stereocenters. The molecule has 112 valence electrons. The summed E-state index contributed by atoms with van der Waals surface area (Å²) >= 11 is 0. The molecule has 0 saturated heterocycles. The topological polar surface area (TPSA) is 56.1 Å². The molecule has 21 heavy (non-hydrogen) atoms. The molecule has 1 N–H and O–H groups in total. The minimum Gasteiger partial charge on any atom is -0.483 e. The van der Waals surface area contributed by atoms with E-state index < -0.39 is 0 Å². The van der Waals surface area contributed by atoms with Gasteiger partial charge in [-0.1, -0.05) is 18.2 Å². The van der Waals surface area contributed by atoms with E-state index in [0.717, 1.165) is 16.9 Å². The monoisotopic (exact) mass is 287 g/mol. The minimum absolute atomic E-state index is 0.0189. The third-order valence-electron chi connectivity index (χ3n) is 3.18. The molecule has 0 radical (unpaired) electrons. The first-order chi connectivity index (χ1) is 9.99. The van der Waals surface area contributed by atoms with Gasteiger partial charge in [0.1, 0.15) is 11.6 Å². The van der Waals surface area contributed by atoms with Gasteiger partial charge in [-0.05, 0) is 38.8 Å². The first kappa shape index (κ1) is 15.1. The maximum absolute atomic E-state index is 12.0. The lowest BCUT2D eigenvalue weighted by Crippen LogP contribution is -2.23. The third kappa shape index (κ3) is 3.62. The molecular weight excluding hydrogens is 266 g/mol. The van der Waals surface area contributed by atoms with Crippen LogP contribution in [0.3, 0.4) is 0 Å². The van der Waals surface area contributed by atoms with Crippen molar-refractivity contribution in [2.75, 3.05) is 11.9 Å². The van der Waals surface area contributed by atoms with Crippen molar-refractivity contribution in [3.8, 4) is 5.75 Å². The van der Waals surface area contributed by atoms with Gasteiger partial charge in [0.15, 0.2) is 6.61 Å². The Morgan fingerprint density at radius 2 is 1.95 bits per heavy atom. The highest BCUT2D eigenvalue weighted by Crippen LogP contribution is 2.22. The minimum atomic E-state index is -0.194. The lowest BCUT2D eigenvalue weighted by molar-refractivity contribution is -0.118. The molecule has 0 atom stereocenters. The molecule has 0 bridgehead atoms. The van der Waals surface area contributed by atoms with Crippen molar-refractivity contribution in [1.29, 1.82) is 0 Å². The molecule has 5 nitrogen and oxygen atoms in total. The van der Waals surface area contributed by atoms with E-state index in [1.165, 1.54) is 0 Å². The lowest BCUT2D eigenvalue weighted by atomic mass is 10.1. The van der Waals surface area contributed by atoms with E-state index in [1.54, 1.807) is 16.9 Å². The maximum atomic E-state index is 12.0. The number of aromatic nitrogens is 2. The molecule has 2 rings (SSSR count). The second-order valence-electron chi connectivity index (χ2n) is 5.31. The van der Waals surface area contributed by atoms with Gasteiger partial charge >= 0.3 is 0 Å². The van der Waals surface area contributed by atoms with Crippen LogP contribution >= 0.6 is 0 Å². The summed E-state index contributed by atoms with van der Waals surface area (Å²) < 4.78 is 7.40. The third-order valence-corrected chi connectivity index (χ3v) is 3.18. The molecule has 5 heteroatoms. The van der Waals surface area contributed by atoms with Crippen LogP contribution in [0, 0.1) is 13.8 Å². The first-order valence-electron chi connectivity index (χ1n) is 7.01. The average molecular weight is 287 g/mol. The zero-order valence-corrected chi connectivity index (χ0v) is 12.9. The second kappa shape index (κ2) is 6.43. The molecule has 0 aliphatic rings. The number of amides is 1. The average Bonchev–Trinajstić information content (AvgIpc) is 2.86. The number of hydrogen-bond acceptors (Lipinski definition) is 3. The Balaban J connectivity index is 1.98. The zero-order valence-electron chi connectivity index (χ0n) is 12.9. The van der Waals surface area contributed by atoms with Gasteiger partial charge < -0.3 is 10.1 Å². The van der Waals surface area contributed by atoms with Gasteiger partial charge in [0.05, 0.1) is 6.20 Å². The molecule has 1 aromatic heterocycles. The van der Waals surface area contributed by atoms with Crippen molar-refractivity contribution in [3.05, 3.63) is 41.6 Å². The van der Waals surface area contributed by atoms with Gasteiger partial charge in [0, 0.05) is 12.1 Å². The summed E-state index contributed by atoms with van der Waals surface area (Å²) in [7, 11) is 0. The van der Waals surface area contributed by atoms with E-state index in [1.807, 2.05) is 45.9 Å². The van der Waals surface area contributed by atoms with E-state index in [0.29, 0.717) is 5.82 Å². The van der Waals surface area contributed by atoms with Gasteiger partial charge in [-0.3, -0.25) is 4.79 Å². The Kier molecular flexibility index (Phi) is 4.62. The summed E-state index contributed by atoms with van der Waals surface area (Å²) in [6.07, 6.45) is 1.67. The fourth-order valence-electron chi connectivity index (χ4n) is 2.17. The van der Waals surface area contributed by atoms with Crippen molar-refractivity contribution in [2.45, 2.75) is 33.7 Å². The van der Waals surface area contributed by atoms with Crippen LogP contribution in [-0.4, -0.2) is 22.3 Å². The number of nitrogens with one attached hydrogen (secondary N) is 1. The number of para-hydroxylation sites is 1. The molecule has 1 amide bonds. The van der Waals surface area contributed by atoms with Gasteiger partial charge in [0.25, 0.3) is 5.91 Å². The van der Waals surface area contributed by atoms with Gasteiger partial charge in [0.2, 0.25) is 0 Å². The highest BCUT2D eigenvalue weighted by Gasteiger charge is 2.11. The quantitative estimate of drug-likeness (QED) is 0.919. The highest BCUT2D eigenvalue weighted by atomic mass is 16.5. The number of anilines is 1. The van der Waals surface area contributed by atoms with E-state index in [-0.39, 0.29) is 18.6 Å². The number of nitrogens with zero attached hydrogens (tertiary/aromatic N) is 2. The Hall–Kier alpha value is -2.30.